The van der Waals surface area contributed by atoms with E-state index in [1.807, 2.05) is 0 Å². The minimum atomic E-state index is -5.78. The number of fused-ring (bicyclic) bond motifs is 4. The van der Waals surface area contributed by atoms with E-state index in [9.17, 15) is 45.5 Å². The fraction of sp³-hybridized carbons (Fsp3) is 0.304. The quantitative estimate of drug-likeness (QED) is 0.523. The predicted molar refractivity (Wildman–Crippen MR) is 105 cm³/mol. The lowest BCUT2D eigenvalue weighted by molar-refractivity contribution is -0.288. The molecule has 35 heavy (non-hydrogen) atoms. The predicted octanol–water partition coefficient (Wildman–Crippen LogP) is 3.11. The van der Waals surface area contributed by atoms with Crippen LogP contribution < -0.4 is 10.2 Å². The van der Waals surface area contributed by atoms with Gasteiger partial charge in [0.05, 0.1) is 29.4 Å². The first-order valence-electron chi connectivity index (χ1n) is 10.3. The molecule has 2 saturated heterocycles. The normalized spacial score (nSPS) is 26.4. The number of carbonyl (C=O) groups is 4. The van der Waals surface area contributed by atoms with E-state index < -0.39 is 76.2 Å². The van der Waals surface area contributed by atoms with E-state index in [0.29, 0.717) is 17.0 Å². The van der Waals surface area contributed by atoms with E-state index in [4.69, 9.17) is 0 Å². The van der Waals surface area contributed by atoms with Crippen molar-refractivity contribution in [1.82, 2.24) is 5.32 Å². The number of hydrogen-bond donors (Lipinski definition) is 1. The number of imide groups is 2. The van der Waals surface area contributed by atoms with Gasteiger partial charge in [-0.05, 0) is 23.3 Å². The molecule has 1 saturated carbocycles. The highest BCUT2D eigenvalue weighted by Gasteiger charge is 2.73. The van der Waals surface area contributed by atoms with Crippen molar-refractivity contribution in [2.75, 3.05) is 4.90 Å². The molecule has 3 aliphatic rings. The number of hydrogen-bond acceptors (Lipinski definition) is 4. The zero-order valence-electron chi connectivity index (χ0n) is 17.4. The van der Waals surface area contributed by atoms with E-state index in [1.165, 1.54) is 6.07 Å². The van der Waals surface area contributed by atoms with Crippen LogP contribution in [0.3, 0.4) is 0 Å². The maximum Gasteiger partial charge on any atom is 0.411 e. The van der Waals surface area contributed by atoms with Crippen molar-refractivity contribution < 1.29 is 45.5 Å². The average Bonchev–Trinajstić information content (AvgIpc) is 3.08. The van der Waals surface area contributed by atoms with Gasteiger partial charge in [0.25, 0.3) is 0 Å². The van der Waals surface area contributed by atoms with Crippen LogP contribution in [0.4, 0.5) is 32.0 Å². The number of anilines is 1. The molecule has 182 valence electrons. The van der Waals surface area contributed by atoms with Crippen molar-refractivity contribution in [1.29, 1.82) is 0 Å². The summed E-state index contributed by atoms with van der Waals surface area (Å²) >= 11 is 0. The fourth-order valence-corrected chi connectivity index (χ4v) is 5.49. The van der Waals surface area contributed by atoms with Crippen LogP contribution in [0, 0.1) is 23.7 Å². The van der Waals surface area contributed by atoms with Gasteiger partial charge in [-0.3, -0.25) is 29.4 Å². The molecule has 4 unspecified atom stereocenters. The van der Waals surface area contributed by atoms with E-state index >= 15 is 0 Å². The Balaban J connectivity index is 1.56. The summed E-state index contributed by atoms with van der Waals surface area (Å²) in [6.45, 7) is 0. The molecule has 2 aliphatic heterocycles. The zero-order chi connectivity index (χ0) is 25.5. The Morgan fingerprint density at radius 1 is 0.600 bits per heavy atom. The van der Waals surface area contributed by atoms with Crippen LogP contribution in [-0.4, -0.2) is 36.0 Å². The Hall–Kier alpha value is -3.70. The van der Waals surface area contributed by atoms with Crippen molar-refractivity contribution in [2.24, 2.45) is 23.7 Å². The molecule has 2 aromatic carbocycles. The average molecular weight is 496 g/mol. The molecule has 5 rings (SSSR count). The lowest BCUT2D eigenvalue weighted by atomic mass is 9.59. The summed E-state index contributed by atoms with van der Waals surface area (Å²) in [6, 6.07) is 7.63. The minimum absolute atomic E-state index is 0.254. The molecule has 2 aromatic rings. The van der Waals surface area contributed by atoms with Crippen LogP contribution in [0.2, 0.25) is 0 Å². The Morgan fingerprint density at radius 2 is 1.03 bits per heavy atom. The number of amides is 4. The number of alkyl halides is 6. The highest BCUT2D eigenvalue weighted by molar-refractivity contribution is 6.27. The monoisotopic (exact) mass is 496 g/mol. The van der Waals surface area contributed by atoms with E-state index in [1.54, 1.807) is 0 Å². The first-order chi connectivity index (χ1) is 16.3. The lowest BCUT2D eigenvalue weighted by Gasteiger charge is -2.38. The van der Waals surface area contributed by atoms with Crippen molar-refractivity contribution in [3.05, 3.63) is 65.7 Å². The second-order valence-corrected chi connectivity index (χ2v) is 8.63. The van der Waals surface area contributed by atoms with Gasteiger partial charge in [-0.15, -0.1) is 0 Å². The van der Waals surface area contributed by atoms with Crippen molar-refractivity contribution >= 4 is 29.3 Å². The number of nitrogens with zero attached hydrogens (tertiary/aromatic N) is 1. The molecule has 0 aromatic heterocycles. The van der Waals surface area contributed by atoms with Crippen LogP contribution in [0.15, 0.2) is 54.6 Å². The van der Waals surface area contributed by atoms with Crippen LogP contribution >= 0.6 is 0 Å². The molecule has 1 aliphatic carbocycles. The summed E-state index contributed by atoms with van der Waals surface area (Å²) in [5.41, 5.74) is -6.81. The second-order valence-electron chi connectivity index (χ2n) is 8.63. The van der Waals surface area contributed by atoms with Crippen molar-refractivity contribution in [2.45, 2.75) is 17.8 Å². The largest absolute Gasteiger partial charge is 0.411 e. The van der Waals surface area contributed by atoms with E-state index in [2.05, 4.69) is 5.32 Å². The number of rotatable bonds is 3. The van der Waals surface area contributed by atoms with E-state index in [-0.39, 0.29) is 5.69 Å². The first-order valence-corrected chi connectivity index (χ1v) is 10.3. The molecule has 0 radical (unpaired) electrons. The number of carbonyl (C=O) groups excluding carboxylic acids is 4. The number of halogens is 6. The van der Waals surface area contributed by atoms with Crippen LogP contribution in [0.5, 0.6) is 0 Å². The summed E-state index contributed by atoms with van der Waals surface area (Å²) in [4.78, 5) is 50.2. The summed E-state index contributed by atoms with van der Waals surface area (Å²) in [5.74, 6) is -7.30. The SMILES string of the molecule is O=C1NC(=O)C2C1C1C(=O)N(c3ccc(C(c4ccccc4)(C(F)(F)F)C(F)(F)F)cc3)C(=O)C21. The topological polar surface area (TPSA) is 83.6 Å². The zero-order valence-corrected chi connectivity index (χ0v) is 17.4. The highest BCUT2D eigenvalue weighted by Crippen LogP contribution is 2.57. The summed E-state index contributed by atoms with van der Waals surface area (Å²) < 4.78 is 85.1. The van der Waals surface area contributed by atoms with Crippen molar-refractivity contribution in [3.63, 3.8) is 0 Å². The molecular formula is C23H14F6N2O4. The number of nitrogens with one attached hydrogen (secondary N) is 1. The van der Waals surface area contributed by atoms with Gasteiger partial charge in [-0.1, -0.05) is 42.5 Å². The highest BCUT2D eigenvalue weighted by atomic mass is 19.4. The molecule has 12 heteroatoms. The molecule has 4 amide bonds. The summed E-state index contributed by atoms with van der Waals surface area (Å²) in [5, 5.41) is 2.06. The van der Waals surface area contributed by atoms with Gasteiger partial charge in [-0.25, -0.2) is 0 Å². The third-order valence-corrected chi connectivity index (χ3v) is 7.03. The van der Waals surface area contributed by atoms with Crippen LogP contribution in [0.25, 0.3) is 0 Å². The first kappa shape index (κ1) is 23.1. The second kappa shape index (κ2) is 7.15. The molecule has 6 nitrogen and oxygen atoms in total. The van der Waals surface area contributed by atoms with Gasteiger partial charge in [0.2, 0.25) is 29.0 Å². The molecule has 1 N–H and O–H groups in total. The van der Waals surface area contributed by atoms with Crippen LogP contribution in [-0.2, 0) is 24.6 Å². The number of benzene rings is 2. The Kier molecular flexibility index (Phi) is 4.71. The molecular weight excluding hydrogens is 482 g/mol. The van der Waals surface area contributed by atoms with Gasteiger partial charge in [0.1, 0.15) is 0 Å². The summed E-state index contributed by atoms with van der Waals surface area (Å²) in [7, 11) is 0. The minimum Gasteiger partial charge on any atom is -0.296 e. The van der Waals surface area contributed by atoms with E-state index in [0.717, 1.165) is 36.4 Å². The third-order valence-electron chi connectivity index (χ3n) is 7.03. The lowest BCUT2D eigenvalue weighted by Crippen LogP contribution is -2.54. The Labute approximate surface area is 192 Å². The Bertz CT molecular complexity index is 1200. The molecule has 3 fully saturated rings. The van der Waals surface area contributed by atoms with Crippen molar-refractivity contribution in [3.8, 4) is 0 Å². The fourth-order valence-electron chi connectivity index (χ4n) is 5.49. The standard InChI is InChI=1S/C23H14F6N2O4/c24-22(25,26)21(23(27,28)29,10-4-2-1-3-5-10)11-6-8-12(9-7-11)31-19(34)15-13-14(16(15)20(31)35)18(33)30-17(13)32/h1-9,13-16H,(H,30,32,33). The maximum absolute atomic E-state index is 14.2. The van der Waals surface area contributed by atoms with Gasteiger partial charge in [-0.2, -0.15) is 26.3 Å². The molecule has 4 atom stereocenters. The van der Waals surface area contributed by atoms with Gasteiger partial charge in [0, 0.05) is 0 Å². The maximum atomic E-state index is 14.2. The molecule has 0 spiro atoms. The molecule has 0 bridgehead atoms. The van der Waals surface area contributed by atoms with Gasteiger partial charge < -0.3 is 0 Å². The Morgan fingerprint density at radius 3 is 1.46 bits per heavy atom. The van der Waals surface area contributed by atoms with Gasteiger partial charge >= 0.3 is 12.4 Å². The molecule has 2 heterocycles. The smallest absolute Gasteiger partial charge is 0.296 e. The van der Waals surface area contributed by atoms with Gasteiger partial charge in [0.15, 0.2) is 0 Å². The third kappa shape index (κ3) is 2.85. The summed E-state index contributed by atoms with van der Waals surface area (Å²) in [6.07, 6.45) is -11.6. The van der Waals surface area contributed by atoms with Crippen LogP contribution in [0.1, 0.15) is 11.1 Å².